The van der Waals surface area contributed by atoms with E-state index in [-0.39, 0.29) is 17.6 Å². The summed E-state index contributed by atoms with van der Waals surface area (Å²) in [4.78, 5) is 15.8. The highest BCUT2D eigenvalue weighted by Crippen LogP contribution is 2.12. The molecule has 1 heterocycles. The van der Waals surface area contributed by atoms with Crippen LogP contribution in [0, 0.1) is 0 Å². The van der Waals surface area contributed by atoms with Gasteiger partial charge in [-0.05, 0) is 33.7 Å². The molecule has 0 aromatic heterocycles. The Kier molecular flexibility index (Phi) is 6.46. The number of amides is 1. The van der Waals surface area contributed by atoms with Crippen molar-refractivity contribution in [1.82, 2.24) is 9.80 Å². The van der Waals surface area contributed by atoms with Gasteiger partial charge in [0, 0.05) is 31.9 Å². The number of sulfone groups is 1. The van der Waals surface area contributed by atoms with Gasteiger partial charge in [0.05, 0.1) is 5.75 Å². The highest BCUT2D eigenvalue weighted by atomic mass is 32.2. The van der Waals surface area contributed by atoms with E-state index >= 15 is 0 Å². The van der Waals surface area contributed by atoms with Gasteiger partial charge in [0.15, 0.2) is 0 Å². The molecule has 0 N–H and O–H groups in total. The monoisotopic (exact) mass is 320 g/mol. The third kappa shape index (κ3) is 7.13. The number of nitrogens with zero attached hydrogens (tertiary/aromatic N) is 2. The number of piperazine rings is 1. The van der Waals surface area contributed by atoms with Gasteiger partial charge >= 0.3 is 6.09 Å². The van der Waals surface area contributed by atoms with Crippen LogP contribution < -0.4 is 0 Å². The molecule has 0 aromatic carbocycles. The Labute approximate surface area is 128 Å². The zero-order valence-electron chi connectivity index (χ0n) is 13.6. The number of ether oxygens (including phenoxy) is 1. The van der Waals surface area contributed by atoms with Gasteiger partial charge in [-0.3, -0.25) is 4.90 Å². The minimum absolute atomic E-state index is 0.208. The van der Waals surface area contributed by atoms with Crippen molar-refractivity contribution in [3.8, 4) is 0 Å². The predicted octanol–water partition coefficient (Wildman–Crippen LogP) is 1.36. The third-order valence-electron chi connectivity index (χ3n) is 3.39. The molecular weight excluding hydrogens is 292 g/mol. The van der Waals surface area contributed by atoms with Crippen LogP contribution in [0.1, 0.15) is 34.1 Å². The third-order valence-corrected chi connectivity index (χ3v) is 5.18. The molecule has 1 aliphatic heterocycles. The van der Waals surface area contributed by atoms with E-state index in [1.165, 1.54) is 0 Å². The molecule has 0 aliphatic carbocycles. The average Bonchev–Trinajstić information content (AvgIpc) is 2.37. The lowest BCUT2D eigenvalue weighted by Gasteiger charge is -2.35. The largest absolute Gasteiger partial charge is 0.444 e. The van der Waals surface area contributed by atoms with Crippen LogP contribution in [0.4, 0.5) is 4.79 Å². The van der Waals surface area contributed by atoms with Gasteiger partial charge in [-0.1, -0.05) is 6.92 Å². The molecule has 1 aliphatic rings. The second kappa shape index (κ2) is 7.45. The molecule has 7 heteroatoms. The number of carbonyl (C=O) groups excluding carboxylic acids is 1. The van der Waals surface area contributed by atoms with Crippen molar-refractivity contribution in [2.45, 2.75) is 39.7 Å². The summed E-state index contributed by atoms with van der Waals surface area (Å²) in [6, 6.07) is 0. The summed E-state index contributed by atoms with van der Waals surface area (Å²) >= 11 is 0. The first kappa shape index (κ1) is 18.2. The molecule has 0 spiro atoms. The van der Waals surface area contributed by atoms with Crippen LogP contribution in [0.2, 0.25) is 0 Å². The smallest absolute Gasteiger partial charge is 0.410 e. The number of carbonyl (C=O) groups is 1. The molecule has 6 nitrogen and oxygen atoms in total. The Hall–Kier alpha value is -0.820. The quantitative estimate of drug-likeness (QED) is 0.765. The lowest BCUT2D eigenvalue weighted by molar-refractivity contribution is 0.0146. The van der Waals surface area contributed by atoms with E-state index < -0.39 is 15.4 Å². The van der Waals surface area contributed by atoms with Crippen LogP contribution in [-0.4, -0.2) is 74.1 Å². The van der Waals surface area contributed by atoms with Crippen molar-refractivity contribution in [3.05, 3.63) is 0 Å². The minimum Gasteiger partial charge on any atom is -0.444 e. The van der Waals surface area contributed by atoms with Crippen molar-refractivity contribution in [2.75, 3.05) is 44.2 Å². The normalized spacial score (nSPS) is 17.8. The van der Waals surface area contributed by atoms with Gasteiger partial charge in [0.1, 0.15) is 15.4 Å². The first-order chi connectivity index (χ1) is 9.63. The maximum atomic E-state index is 11.9. The average molecular weight is 320 g/mol. The Balaban J connectivity index is 2.28. The number of hydrogen-bond acceptors (Lipinski definition) is 5. The Morgan fingerprint density at radius 1 is 1.14 bits per heavy atom. The lowest BCUT2D eigenvalue weighted by Crippen LogP contribution is -2.50. The lowest BCUT2D eigenvalue weighted by atomic mass is 10.2. The standard InChI is InChI=1S/C14H28N2O4S/c1-5-21(18,19)12-6-7-15-8-10-16(11-9-15)13(17)20-14(2,3)4/h5-12H2,1-4H3. The van der Waals surface area contributed by atoms with E-state index in [9.17, 15) is 13.2 Å². The first-order valence-corrected chi connectivity index (χ1v) is 9.36. The Morgan fingerprint density at radius 3 is 2.19 bits per heavy atom. The van der Waals surface area contributed by atoms with Crippen molar-refractivity contribution in [1.29, 1.82) is 0 Å². The van der Waals surface area contributed by atoms with Crippen molar-refractivity contribution < 1.29 is 17.9 Å². The zero-order valence-corrected chi connectivity index (χ0v) is 14.4. The fraction of sp³-hybridized carbons (Fsp3) is 0.929. The first-order valence-electron chi connectivity index (χ1n) is 7.53. The molecule has 0 aromatic rings. The zero-order chi connectivity index (χ0) is 16.1. The number of hydrogen-bond donors (Lipinski definition) is 0. The highest BCUT2D eigenvalue weighted by molar-refractivity contribution is 7.91. The van der Waals surface area contributed by atoms with Crippen LogP contribution >= 0.6 is 0 Å². The molecule has 1 rings (SSSR count). The Morgan fingerprint density at radius 2 is 1.71 bits per heavy atom. The van der Waals surface area contributed by atoms with Crippen LogP contribution in [-0.2, 0) is 14.6 Å². The molecule has 1 amide bonds. The van der Waals surface area contributed by atoms with Crippen LogP contribution in [0.25, 0.3) is 0 Å². The molecule has 0 bridgehead atoms. The highest BCUT2D eigenvalue weighted by Gasteiger charge is 2.25. The van der Waals surface area contributed by atoms with E-state index in [2.05, 4.69) is 4.90 Å². The fourth-order valence-corrected chi connectivity index (χ4v) is 2.99. The van der Waals surface area contributed by atoms with Crippen molar-refractivity contribution >= 4 is 15.9 Å². The van der Waals surface area contributed by atoms with Gasteiger partial charge in [-0.2, -0.15) is 0 Å². The molecule has 124 valence electrons. The second-order valence-electron chi connectivity index (χ2n) is 6.40. The van der Waals surface area contributed by atoms with Crippen LogP contribution in [0.3, 0.4) is 0 Å². The molecule has 0 radical (unpaired) electrons. The van der Waals surface area contributed by atoms with E-state index in [1.807, 2.05) is 20.8 Å². The van der Waals surface area contributed by atoms with Gasteiger partial charge in [0.2, 0.25) is 0 Å². The molecule has 21 heavy (non-hydrogen) atoms. The van der Waals surface area contributed by atoms with Gasteiger partial charge in [0.25, 0.3) is 0 Å². The van der Waals surface area contributed by atoms with Gasteiger partial charge < -0.3 is 9.64 Å². The van der Waals surface area contributed by atoms with Gasteiger partial charge in [-0.25, -0.2) is 13.2 Å². The maximum Gasteiger partial charge on any atom is 0.410 e. The summed E-state index contributed by atoms with van der Waals surface area (Å²) in [6.07, 6.45) is 0.388. The van der Waals surface area contributed by atoms with Crippen LogP contribution in [0.5, 0.6) is 0 Å². The summed E-state index contributed by atoms with van der Waals surface area (Å²) in [7, 11) is -2.88. The Bertz CT molecular complexity index is 434. The molecule has 1 saturated heterocycles. The summed E-state index contributed by atoms with van der Waals surface area (Å²) in [5.74, 6) is 0.454. The molecule has 1 fully saturated rings. The summed E-state index contributed by atoms with van der Waals surface area (Å²) in [5, 5.41) is 0. The maximum absolute atomic E-state index is 11.9. The number of rotatable bonds is 5. The summed E-state index contributed by atoms with van der Waals surface area (Å²) < 4.78 is 28.2. The van der Waals surface area contributed by atoms with E-state index in [0.717, 1.165) is 19.6 Å². The SMILES string of the molecule is CCS(=O)(=O)CCCN1CCN(C(=O)OC(C)(C)C)CC1. The minimum atomic E-state index is -2.88. The van der Waals surface area contributed by atoms with Gasteiger partial charge in [-0.15, -0.1) is 0 Å². The second-order valence-corrected chi connectivity index (χ2v) is 8.87. The molecule has 0 atom stereocenters. The van der Waals surface area contributed by atoms with Crippen LogP contribution in [0.15, 0.2) is 0 Å². The predicted molar refractivity (Wildman–Crippen MR) is 83.2 cm³/mol. The molecule has 0 unspecified atom stereocenters. The van der Waals surface area contributed by atoms with Crippen molar-refractivity contribution in [3.63, 3.8) is 0 Å². The topological polar surface area (TPSA) is 66.9 Å². The fourth-order valence-electron chi connectivity index (χ4n) is 2.13. The molecule has 0 saturated carbocycles. The summed E-state index contributed by atoms with van der Waals surface area (Å²) in [6.45, 7) is 10.8. The summed E-state index contributed by atoms with van der Waals surface area (Å²) in [5.41, 5.74) is -0.470. The van der Waals surface area contributed by atoms with E-state index in [4.69, 9.17) is 4.74 Å². The van der Waals surface area contributed by atoms with E-state index in [0.29, 0.717) is 19.5 Å². The van der Waals surface area contributed by atoms with Crippen molar-refractivity contribution in [2.24, 2.45) is 0 Å². The molecular formula is C14H28N2O4S. The van der Waals surface area contributed by atoms with E-state index in [1.54, 1.807) is 11.8 Å².